The first kappa shape index (κ1) is 69.3. The predicted molar refractivity (Wildman–Crippen MR) is 326 cm³/mol. The highest BCUT2D eigenvalue weighted by Crippen LogP contribution is 2.49. The number of halogens is 4. The number of ether oxygens (including phenoxy) is 6. The number of anilines is 3. The monoisotopic (exact) mass is 1390 g/mol. The molecule has 84 heavy (non-hydrogen) atoms. The van der Waals surface area contributed by atoms with Crippen LogP contribution in [0, 0.1) is 17.8 Å². The Morgan fingerprint density at radius 3 is 2.35 bits per heavy atom. The van der Waals surface area contributed by atoms with Gasteiger partial charge in [-0.2, -0.15) is 0 Å². The molecule has 0 aromatic heterocycles. The molecule has 464 valence electrons. The molecule has 1 unspecified atom stereocenters. The molecule has 0 spiro atoms. The van der Waals surface area contributed by atoms with Gasteiger partial charge in [0.2, 0.25) is 23.6 Å². The highest BCUT2D eigenvalue weighted by atomic mass is 79.9. The van der Waals surface area contributed by atoms with Crippen LogP contribution in [0.4, 0.5) is 31.4 Å². The lowest BCUT2D eigenvalue weighted by Crippen LogP contribution is -2.63. The van der Waals surface area contributed by atoms with Gasteiger partial charge in [0.25, 0.3) is 0 Å². The van der Waals surface area contributed by atoms with E-state index in [4.69, 9.17) is 45.8 Å². The fourth-order valence-corrected chi connectivity index (χ4v) is 12.3. The number of unbranched alkanes of at least 4 members (excludes halogenated alkanes) is 1. The number of hydrogen-bond donors (Lipinski definition) is 8. The Kier molecular flexibility index (Phi) is 26.2. The highest BCUT2D eigenvalue weighted by Gasteiger charge is 2.64. The number of alkyl carbamates (subject to hydrolysis) is 1. The zero-order valence-electron chi connectivity index (χ0n) is 48.6. The second-order valence-electron chi connectivity index (χ2n) is 21.8. The molecule has 10 atom stereocenters. The van der Waals surface area contributed by atoms with Gasteiger partial charge in [0.05, 0.1) is 43.0 Å². The van der Waals surface area contributed by atoms with Gasteiger partial charge < -0.3 is 65.4 Å². The normalized spacial score (nSPS) is 24.5. The summed E-state index contributed by atoms with van der Waals surface area (Å²) in [5.74, 6) is -3.45. The molecule has 0 aliphatic carbocycles. The molecule has 27 heteroatoms. The van der Waals surface area contributed by atoms with Crippen molar-refractivity contribution >= 4 is 124 Å². The Morgan fingerprint density at radius 1 is 0.988 bits per heavy atom. The molecule has 23 nitrogen and oxygen atoms in total. The Bertz CT molecular complexity index is 2770. The average molecular weight is 1390 g/mol. The first-order chi connectivity index (χ1) is 39.7. The van der Waals surface area contributed by atoms with Crippen LogP contribution in [0.5, 0.6) is 5.75 Å². The topological polar surface area (TPSA) is 317 Å². The highest BCUT2D eigenvalue weighted by molar-refractivity contribution is 9.10. The summed E-state index contributed by atoms with van der Waals surface area (Å²) < 4.78 is 35.2. The van der Waals surface area contributed by atoms with Crippen LogP contribution >= 0.6 is 59.4 Å². The number of urea groups is 1. The molecule has 2 fully saturated rings. The minimum absolute atomic E-state index is 0.0573. The summed E-state index contributed by atoms with van der Waals surface area (Å²) in [4.78, 5) is 108. The number of aliphatic hydroxyl groups is 1. The molecule has 0 radical (unpaired) electrons. The zero-order chi connectivity index (χ0) is 62.2. The fourth-order valence-electron chi connectivity index (χ4n) is 9.86. The van der Waals surface area contributed by atoms with Gasteiger partial charge in [0, 0.05) is 60.3 Å². The number of nitrogens with one attached hydrogen (secondary N) is 6. The van der Waals surface area contributed by atoms with Gasteiger partial charge in [0.15, 0.2) is 5.72 Å². The molecular formula is C57H78Br3ClN8O15. The molecule has 5 rings (SSSR count). The first-order valence-corrected chi connectivity index (χ1v) is 31.0. The van der Waals surface area contributed by atoms with Gasteiger partial charge in [0.1, 0.15) is 46.8 Å². The van der Waals surface area contributed by atoms with E-state index in [0.29, 0.717) is 47.8 Å². The zero-order valence-corrected chi connectivity index (χ0v) is 54.1. The lowest BCUT2D eigenvalue weighted by atomic mass is 9.83. The number of nitrogens with two attached hydrogens (primary N) is 1. The van der Waals surface area contributed by atoms with Crippen LogP contribution in [-0.4, -0.2) is 145 Å². The SMILES string of the molecule is COc1cc2cc(c1Cl)N(C)C(=O)C[C@H](OC(=O)Nc1ccc(NC(=O)[C@H](CCCNC(N)=O)NC(=O)[C@@H](NC(=O)CCCCC(C)OC(=O)C(CBr)CBr)C(C)C)cc1Br)[C@]1(C)O[C@H]1[C@H](C)[C@@H]1C[C@@](O)(NC(=O)O1)[C@H](OC)/C=C/C=C(\C)C2. The number of esters is 1. The lowest BCUT2D eigenvalue weighted by molar-refractivity contribution is -0.152. The van der Waals surface area contributed by atoms with E-state index in [1.54, 1.807) is 58.9 Å². The second kappa shape index (κ2) is 31.8. The van der Waals surface area contributed by atoms with E-state index >= 15 is 0 Å². The number of allylic oxidation sites excluding steroid dienone is 3. The minimum atomic E-state index is -1.90. The van der Waals surface area contributed by atoms with E-state index < -0.39 is 96.1 Å². The predicted octanol–water partition coefficient (Wildman–Crippen LogP) is 8.05. The number of hydrogen-bond acceptors (Lipinski definition) is 15. The van der Waals surface area contributed by atoms with Crippen LogP contribution in [0.1, 0.15) is 98.5 Å². The number of alkyl halides is 2. The number of fused-ring (bicyclic) bond motifs is 5. The summed E-state index contributed by atoms with van der Waals surface area (Å²) in [6.45, 7) is 10.7. The number of carbonyl (C=O) groups excluding carboxylic acids is 8. The molecule has 3 aliphatic rings. The summed E-state index contributed by atoms with van der Waals surface area (Å²) in [5.41, 5.74) is 4.43. The molecule has 3 aliphatic heterocycles. The van der Waals surface area contributed by atoms with Crippen LogP contribution in [-0.2, 0) is 54.1 Å². The third kappa shape index (κ3) is 19.2. The second-order valence-corrected chi connectivity index (χ2v) is 24.3. The van der Waals surface area contributed by atoms with Gasteiger partial charge >= 0.3 is 24.2 Å². The fraction of sp³-hybridized carbons (Fsp3) is 0.579. The standard InChI is InChI=1S/C57H78Br3ClN8O15/c1-30(2)48(67-45(70)18-11-10-15-32(4)81-52(74)35(28-58)29-59)51(73)65-39(16-13-21-63-53(62)75)50(72)64-36-19-20-38(37(60)25-36)66-54(76)83-44-26-46(71)69(7)40-23-34(24-41(79-8)47(40)61)22-31(3)14-12-17-43(80-9)57(78)27-42(82-55(77)68-57)33(5)49-56(44,6)84-49/h12,14,17,19-20,23-25,30,32-33,35,39,42-44,48-49,78H,10-11,13,15-16,18,21-22,26-29H2,1-9H3,(H,64,72)(H,65,73)(H,66,76)(H,67,70)(H,68,77)(H3,62,63,75)/b17-12+,31-14+/t32?,33-,39+,42+,43-,44+,48+,49+,56+,57+/m1/s1. The average Bonchev–Trinajstić information content (AvgIpc) is 1.69. The van der Waals surface area contributed by atoms with Crippen molar-refractivity contribution in [3.8, 4) is 5.75 Å². The van der Waals surface area contributed by atoms with Crippen molar-refractivity contribution in [2.45, 2.75) is 153 Å². The van der Waals surface area contributed by atoms with Crippen molar-refractivity contribution in [3.05, 3.63) is 69.2 Å². The third-order valence-corrected chi connectivity index (χ3v) is 17.4. The summed E-state index contributed by atoms with van der Waals surface area (Å²) in [7, 11) is 4.40. The summed E-state index contributed by atoms with van der Waals surface area (Å²) >= 11 is 16.9. The Hall–Kier alpha value is -5.51. The molecular weight excluding hydrogens is 1310 g/mol. The molecule has 4 bridgehead atoms. The van der Waals surface area contributed by atoms with Crippen molar-refractivity contribution in [2.24, 2.45) is 23.5 Å². The molecule has 2 aromatic rings. The largest absolute Gasteiger partial charge is 0.495 e. The summed E-state index contributed by atoms with van der Waals surface area (Å²) in [5, 5.41) is 29.0. The number of rotatable bonds is 23. The van der Waals surface area contributed by atoms with E-state index in [2.05, 4.69) is 79.7 Å². The molecule has 9 N–H and O–H groups in total. The van der Waals surface area contributed by atoms with Crippen LogP contribution in [0.3, 0.4) is 0 Å². The lowest BCUT2D eigenvalue weighted by Gasteiger charge is -2.42. The number of carbonyl (C=O) groups is 8. The molecule has 8 amide bonds. The van der Waals surface area contributed by atoms with E-state index in [9.17, 15) is 43.5 Å². The van der Waals surface area contributed by atoms with Gasteiger partial charge in [-0.15, -0.1) is 0 Å². The van der Waals surface area contributed by atoms with Gasteiger partial charge in [-0.3, -0.25) is 34.6 Å². The summed E-state index contributed by atoms with van der Waals surface area (Å²) in [6.07, 6.45) is 0.845. The summed E-state index contributed by atoms with van der Waals surface area (Å²) in [6, 6.07) is 5.06. The smallest absolute Gasteiger partial charge is 0.412 e. The van der Waals surface area contributed by atoms with Crippen LogP contribution in [0.25, 0.3) is 0 Å². The molecule has 3 heterocycles. The van der Waals surface area contributed by atoms with Crippen molar-refractivity contribution in [3.63, 3.8) is 0 Å². The Morgan fingerprint density at radius 2 is 1.70 bits per heavy atom. The molecule has 2 saturated heterocycles. The Labute approximate surface area is 520 Å². The third-order valence-electron chi connectivity index (χ3n) is 14.8. The van der Waals surface area contributed by atoms with Crippen molar-refractivity contribution in [2.75, 3.05) is 54.0 Å². The van der Waals surface area contributed by atoms with Crippen molar-refractivity contribution < 1.29 is 71.9 Å². The minimum Gasteiger partial charge on any atom is -0.495 e. The van der Waals surface area contributed by atoms with Crippen molar-refractivity contribution in [1.82, 2.24) is 21.3 Å². The van der Waals surface area contributed by atoms with Gasteiger partial charge in [-0.25, -0.2) is 14.4 Å². The maximum absolute atomic E-state index is 14.4. The van der Waals surface area contributed by atoms with E-state index in [1.807, 2.05) is 13.0 Å². The maximum Gasteiger partial charge on any atom is 0.412 e. The maximum atomic E-state index is 14.4. The molecule has 2 aromatic carbocycles. The number of amides is 8. The number of methoxy groups -OCH3 is 2. The number of epoxide rings is 1. The van der Waals surface area contributed by atoms with E-state index in [0.717, 1.165) is 11.1 Å². The van der Waals surface area contributed by atoms with Gasteiger partial charge in [-0.1, -0.05) is 88.0 Å². The van der Waals surface area contributed by atoms with Crippen LogP contribution in [0.15, 0.2) is 58.6 Å². The van der Waals surface area contributed by atoms with E-state index in [1.165, 1.54) is 44.4 Å². The quantitative estimate of drug-likeness (QED) is 0.0172. The van der Waals surface area contributed by atoms with Crippen LogP contribution < -0.4 is 47.3 Å². The number of benzene rings is 2. The Balaban J connectivity index is 1.32. The number of nitrogens with zero attached hydrogens (tertiary/aromatic N) is 1. The first-order valence-electron chi connectivity index (χ1n) is 27.6. The molecule has 0 saturated carbocycles. The van der Waals surface area contributed by atoms with Crippen molar-refractivity contribution in [1.29, 1.82) is 0 Å². The van der Waals surface area contributed by atoms with E-state index in [-0.39, 0.29) is 82.9 Å². The van der Waals surface area contributed by atoms with Crippen LogP contribution in [0.2, 0.25) is 5.02 Å². The number of primary amides is 1. The van der Waals surface area contributed by atoms with Gasteiger partial charge in [-0.05, 0) is 117 Å².